The number of alkyl halides is 6. The van der Waals surface area contributed by atoms with E-state index in [1.807, 2.05) is 0 Å². The molecule has 0 radical (unpaired) electrons. The van der Waals surface area contributed by atoms with Crippen LogP contribution in [-0.4, -0.2) is 11.0 Å². The van der Waals surface area contributed by atoms with Crippen LogP contribution in [0.1, 0.15) is 29.0 Å². The van der Waals surface area contributed by atoms with E-state index in [1.54, 1.807) is 6.07 Å². The van der Waals surface area contributed by atoms with E-state index in [0.29, 0.717) is 12.1 Å². The van der Waals surface area contributed by atoms with E-state index in [4.69, 9.17) is 5.73 Å². The van der Waals surface area contributed by atoms with Crippen LogP contribution in [0.15, 0.2) is 36.5 Å². The monoisotopic (exact) mass is 346 g/mol. The average molecular weight is 346 g/mol. The Hall–Kier alpha value is -2.09. The highest BCUT2D eigenvalue weighted by Crippen LogP contribution is 2.40. The molecular formula is C16H12F6N2. The van der Waals surface area contributed by atoms with Gasteiger partial charge in [-0.1, -0.05) is 6.07 Å². The van der Waals surface area contributed by atoms with Crippen molar-refractivity contribution in [1.29, 1.82) is 0 Å². The number of halogens is 6. The molecule has 2 nitrogen and oxygen atoms in total. The lowest BCUT2D eigenvalue weighted by Gasteiger charge is -2.14. The molecule has 1 fully saturated rings. The predicted molar refractivity (Wildman–Crippen MR) is 75.0 cm³/mol. The molecule has 0 amide bonds. The Morgan fingerprint density at radius 1 is 0.917 bits per heavy atom. The van der Waals surface area contributed by atoms with Gasteiger partial charge in [0.15, 0.2) is 0 Å². The molecule has 0 unspecified atom stereocenters. The summed E-state index contributed by atoms with van der Waals surface area (Å²) in [6.07, 6.45) is -7.52. The lowest BCUT2D eigenvalue weighted by atomic mass is 10.0. The average Bonchev–Trinajstić information content (AvgIpc) is 3.22. The van der Waals surface area contributed by atoms with E-state index in [0.717, 1.165) is 12.0 Å². The fourth-order valence-corrected chi connectivity index (χ4v) is 2.50. The standard InChI is InChI=1S/C16H12F6N2/c17-15(18,19)10-3-9(4-11(5-10)16(20,21)22)14-2-1-8(7-24-14)12-6-13(12)23/h1-5,7,12-13H,6,23H2/t12-,13+/m0/s1. The number of rotatable bonds is 2. The molecule has 24 heavy (non-hydrogen) atoms. The zero-order chi connectivity index (χ0) is 17.7. The van der Waals surface area contributed by atoms with Crippen molar-refractivity contribution < 1.29 is 26.3 Å². The number of hydrogen-bond donors (Lipinski definition) is 1. The highest BCUT2D eigenvalue weighted by atomic mass is 19.4. The molecule has 1 saturated carbocycles. The van der Waals surface area contributed by atoms with Gasteiger partial charge in [-0.2, -0.15) is 26.3 Å². The number of aromatic nitrogens is 1. The van der Waals surface area contributed by atoms with Crippen molar-refractivity contribution >= 4 is 0 Å². The summed E-state index contributed by atoms with van der Waals surface area (Å²) in [6.45, 7) is 0. The Labute approximate surface area is 133 Å². The van der Waals surface area contributed by atoms with Crippen LogP contribution in [0, 0.1) is 0 Å². The number of pyridine rings is 1. The molecule has 3 rings (SSSR count). The van der Waals surface area contributed by atoms with Crippen molar-refractivity contribution in [2.75, 3.05) is 0 Å². The van der Waals surface area contributed by atoms with E-state index in [9.17, 15) is 26.3 Å². The van der Waals surface area contributed by atoms with Gasteiger partial charge in [-0.3, -0.25) is 4.98 Å². The maximum Gasteiger partial charge on any atom is 0.416 e. The van der Waals surface area contributed by atoms with Crippen LogP contribution in [-0.2, 0) is 12.4 Å². The fourth-order valence-electron chi connectivity index (χ4n) is 2.50. The third-order valence-corrected chi connectivity index (χ3v) is 3.94. The molecule has 1 heterocycles. The molecule has 1 aromatic heterocycles. The van der Waals surface area contributed by atoms with E-state index >= 15 is 0 Å². The Kier molecular flexibility index (Phi) is 3.82. The summed E-state index contributed by atoms with van der Waals surface area (Å²) in [5, 5.41) is 0. The maximum absolute atomic E-state index is 12.9. The van der Waals surface area contributed by atoms with Crippen molar-refractivity contribution in [2.24, 2.45) is 5.73 Å². The van der Waals surface area contributed by atoms with Crippen LogP contribution in [0.2, 0.25) is 0 Å². The van der Waals surface area contributed by atoms with Crippen molar-refractivity contribution in [3.05, 3.63) is 53.2 Å². The molecule has 0 saturated heterocycles. The predicted octanol–water partition coefficient (Wildman–Crippen LogP) is 4.60. The summed E-state index contributed by atoms with van der Waals surface area (Å²) < 4.78 is 77.2. The van der Waals surface area contributed by atoms with Crippen LogP contribution >= 0.6 is 0 Å². The second kappa shape index (κ2) is 5.47. The van der Waals surface area contributed by atoms with E-state index < -0.39 is 23.5 Å². The first-order chi connectivity index (χ1) is 11.1. The molecule has 0 spiro atoms. The van der Waals surface area contributed by atoms with Gasteiger partial charge in [0.2, 0.25) is 0 Å². The third-order valence-electron chi connectivity index (χ3n) is 3.94. The summed E-state index contributed by atoms with van der Waals surface area (Å²) in [4.78, 5) is 4.00. The van der Waals surface area contributed by atoms with Crippen molar-refractivity contribution in [3.8, 4) is 11.3 Å². The smallest absolute Gasteiger partial charge is 0.327 e. The molecule has 2 N–H and O–H groups in total. The fraction of sp³-hybridized carbons (Fsp3) is 0.312. The number of hydrogen-bond acceptors (Lipinski definition) is 2. The van der Waals surface area contributed by atoms with Gasteiger partial charge in [-0.25, -0.2) is 0 Å². The number of nitrogens with zero attached hydrogens (tertiary/aromatic N) is 1. The first-order valence-electron chi connectivity index (χ1n) is 7.07. The Bertz CT molecular complexity index is 716. The molecule has 0 aliphatic heterocycles. The van der Waals surface area contributed by atoms with Gasteiger partial charge in [0.05, 0.1) is 16.8 Å². The number of nitrogens with two attached hydrogens (primary N) is 1. The van der Waals surface area contributed by atoms with Gasteiger partial charge in [-0.15, -0.1) is 0 Å². The molecule has 2 aromatic rings. The molecule has 1 aromatic carbocycles. The molecular weight excluding hydrogens is 334 g/mol. The van der Waals surface area contributed by atoms with Crippen LogP contribution in [0.3, 0.4) is 0 Å². The summed E-state index contributed by atoms with van der Waals surface area (Å²) in [5.74, 6) is 0.152. The Morgan fingerprint density at radius 3 is 1.83 bits per heavy atom. The molecule has 1 aliphatic rings. The topological polar surface area (TPSA) is 38.9 Å². The molecule has 128 valence electrons. The minimum atomic E-state index is -4.88. The first-order valence-corrected chi connectivity index (χ1v) is 7.07. The second-order valence-electron chi connectivity index (χ2n) is 5.78. The van der Waals surface area contributed by atoms with Crippen LogP contribution in [0.4, 0.5) is 26.3 Å². The highest BCUT2D eigenvalue weighted by Gasteiger charge is 2.37. The van der Waals surface area contributed by atoms with E-state index in [-0.39, 0.29) is 29.3 Å². The lowest BCUT2D eigenvalue weighted by molar-refractivity contribution is -0.143. The largest absolute Gasteiger partial charge is 0.416 e. The number of benzene rings is 1. The second-order valence-corrected chi connectivity index (χ2v) is 5.78. The summed E-state index contributed by atoms with van der Waals surface area (Å²) >= 11 is 0. The van der Waals surface area contributed by atoms with Crippen LogP contribution in [0.25, 0.3) is 11.3 Å². The molecule has 0 bridgehead atoms. The molecule has 1 aliphatic carbocycles. The SMILES string of the molecule is N[C@@H]1C[C@H]1c1ccc(-c2cc(C(F)(F)F)cc(C(F)(F)F)c2)nc1. The zero-order valence-corrected chi connectivity index (χ0v) is 12.1. The van der Waals surface area contributed by atoms with Crippen molar-refractivity contribution in [1.82, 2.24) is 4.98 Å². The van der Waals surface area contributed by atoms with E-state index in [2.05, 4.69) is 4.98 Å². The minimum Gasteiger partial charge on any atom is -0.327 e. The Morgan fingerprint density at radius 2 is 1.46 bits per heavy atom. The third kappa shape index (κ3) is 3.38. The van der Waals surface area contributed by atoms with Gasteiger partial charge in [0.1, 0.15) is 0 Å². The van der Waals surface area contributed by atoms with Gasteiger partial charge in [0, 0.05) is 23.7 Å². The minimum absolute atomic E-state index is 0.0306. The van der Waals surface area contributed by atoms with Gasteiger partial charge in [0.25, 0.3) is 0 Å². The van der Waals surface area contributed by atoms with Gasteiger partial charge >= 0.3 is 12.4 Å². The normalized spacial score (nSPS) is 21.0. The highest BCUT2D eigenvalue weighted by molar-refractivity contribution is 5.62. The quantitative estimate of drug-likeness (QED) is 0.807. The summed E-state index contributed by atoms with van der Waals surface area (Å²) in [6, 6.07) is 4.51. The van der Waals surface area contributed by atoms with Crippen molar-refractivity contribution in [3.63, 3.8) is 0 Å². The maximum atomic E-state index is 12.9. The summed E-state index contributed by atoms with van der Waals surface area (Å²) in [5.41, 5.74) is 3.63. The molecule has 2 atom stereocenters. The summed E-state index contributed by atoms with van der Waals surface area (Å²) in [7, 11) is 0. The first kappa shape index (κ1) is 16.8. The van der Waals surface area contributed by atoms with E-state index in [1.165, 1.54) is 12.3 Å². The van der Waals surface area contributed by atoms with Gasteiger partial charge < -0.3 is 5.73 Å². The van der Waals surface area contributed by atoms with Gasteiger partial charge in [-0.05, 0) is 36.2 Å². The van der Waals surface area contributed by atoms with Crippen LogP contribution < -0.4 is 5.73 Å². The Balaban J connectivity index is 2.03. The zero-order valence-electron chi connectivity index (χ0n) is 12.1. The molecule has 8 heteroatoms. The van der Waals surface area contributed by atoms with Crippen LogP contribution in [0.5, 0.6) is 0 Å². The lowest BCUT2D eigenvalue weighted by Crippen LogP contribution is -2.11. The van der Waals surface area contributed by atoms with Crippen molar-refractivity contribution in [2.45, 2.75) is 30.7 Å².